The van der Waals surface area contributed by atoms with Crippen LogP contribution in [0.25, 0.3) is 0 Å². The Labute approximate surface area is 87.2 Å². The van der Waals surface area contributed by atoms with E-state index >= 15 is 0 Å². The van der Waals surface area contributed by atoms with E-state index in [2.05, 4.69) is 17.2 Å². The molecule has 1 heterocycles. The summed E-state index contributed by atoms with van der Waals surface area (Å²) in [6.45, 7) is 3.83. The van der Waals surface area contributed by atoms with Crippen LogP contribution in [0.5, 0.6) is 0 Å². The summed E-state index contributed by atoms with van der Waals surface area (Å²) in [4.78, 5) is 4.18. The zero-order valence-corrected chi connectivity index (χ0v) is 9.51. The first-order valence-electron chi connectivity index (χ1n) is 4.79. The number of nitrogens with zero attached hydrogens (tertiary/aromatic N) is 2. The molecule has 0 aliphatic heterocycles. The van der Waals surface area contributed by atoms with Gasteiger partial charge in [0.25, 0.3) is 0 Å². The number of rotatable bonds is 6. The van der Waals surface area contributed by atoms with E-state index in [-0.39, 0.29) is 0 Å². The zero-order chi connectivity index (χ0) is 10.4. The van der Waals surface area contributed by atoms with E-state index < -0.39 is 10.8 Å². The van der Waals surface area contributed by atoms with Crippen LogP contribution < -0.4 is 5.32 Å². The van der Waals surface area contributed by atoms with Crippen LogP contribution in [-0.4, -0.2) is 32.3 Å². The molecule has 0 amide bonds. The van der Waals surface area contributed by atoms with Crippen molar-refractivity contribution in [2.24, 2.45) is 0 Å². The fourth-order valence-corrected chi connectivity index (χ4v) is 1.76. The summed E-state index contributed by atoms with van der Waals surface area (Å²) in [5.41, 5.74) is 0. The molecule has 1 atom stereocenters. The summed E-state index contributed by atoms with van der Waals surface area (Å²) in [7, 11) is -0.688. The maximum Gasteiger partial charge on any atom is 0.202 e. The molecule has 0 spiro atoms. The van der Waals surface area contributed by atoms with Crippen molar-refractivity contribution in [2.75, 3.05) is 23.9 Å². The van der Waals surface area contributed by atoms with Crippen molar-refractivity contribution in [3.05, 3.63) is 12.4 Å². The first-order valence-corrected chi connectivity index (χ1v) is 6.51. The lowest BCUT2D eigenvalue weighted by Crippen LogP contribution is -2.10. The summed E-state index contributed by atoms with van der Waals surface area (Å²) in [6, 6.07) is 0. The lowest BCUT2D eigenvalue weighted by Gasteiger charge is -2.06. The predicted octanol–water partition coefficient (Wildman–Crippen LogP) is 1.08. The number of hydrogen-bond donors (Lipinski definition) is 1. The summed E-state index contributed by atoms with van der Waals surface area (Å²) in [5, 5.41) is 3.22. The topological polar surface area (TPSA) is 46.9 Å². The summed E-state index contributed by atoms with van der Waals surface area (Å²) in [6.07, 6.45) is 6.37. The third-order valence-electron chi connectivity index (χ3n) is 1.95. The number of aromatic nitrogens is 2. The molecule has 0 saturated heterocycles. The molecule has 0 aliphatic rings. The molecule has 0 bridgehead atoms. The monoisotopic (exact) mass is 215 g/mol. The molecule has 1 N–H and O–H groups in total. The normalized spacial score (nSPS) is 12.7. The Morgan fingerprint density at radius 1 is 1.64 bits per heavy atom. The average molecular weight is 215 g/mol. The van der Waals surface area contributed by atoms with Crippen LogP contribution in [0, 0.1) is 0 Å². The van der Waals surface area contributed by atoms with E-state index in [1.54, 1.807) is 12.5 Å². The molecule has 1 aromatic heterocycles. The first kappa shape index (κ1) is 11.2. The highest BCUT2D eigenvalue weighted by molar-refractivity contribution is 7.84. The molecular weight excluding hydrogens is 198 g/mol. The number of aryl methyl sites for hydroxylation is 1. The van der Waals surface area contributed by atoms with Crippen LogP contribution in [0.2, 0.25) is 0 Å². The van der Waals surface area contributed by atoms with E-state index in [1.807, 2.05) is 10.8 Å². The van der Waals surface area contributed by atoms with Crippen LogP contribution in [0.15, 0.2) is 12.4 Å². The molecule has 1 rings (SSSR count). The van der Waals surface area contributed by atoms with Gasteiger partial charge in [-0.25, -0.2) is 4.98 Å². The molecule has 0 aliphatic carbocycles. The van der Waals surface area contributed by atoms with Crippen molar-refractivity contribution in [2.45, 2.75) is 19.9 Å². The van der Waals surface area contributed by atoms with Crippen LogP contribution in [0.4, 0.5) is 5.95 Å². The molecule has 0 radical (unpaired) electrons. The van der Waals surface area contributed by atoms with Gasteiger partial charge in [-0.05, 0) is 13.3 Å². The van der Waals surface area contributed by atoms with Gasteiger partial charge in [0.2, 0.25) is 5.95 Å². The third-order valence-corrected chi connectivity index (χ3v) is 2.81. The minimum absolute atomic E-state index is 0.688. The van der Waals surface area contributed by atoms with Gasteiger partial charge < -0.3 is 9.88 Å². The highest BCUT2D eigenvalue weighted by atomic mass is 32.2. The lowest BCUT2D eigenvalue weighted by molar-refractivity contribution is 0.684. The maximum atomic E-state index is 10.8. The van der Waals surface area contributed by atoms with E-state index in [9.17, 15) is 4.21 Å². The van der Waals surface area contributed by atoms with Crippen LogP contribution in [0.3, 0.4) is 0 Å². The molecule has 0 fully saturated rings. The zero-order valence-electron chi connectivity index (χ0n) is 8.69. The minimum Gasteiger partial charge on any atom is -0.356 e. The molecule has 1 unspecified atom stereocenters. The summed E-state index contributed by atoms with van der Waals surface area (Å²) in [5.74, 6) is 1.65. The Bertz CT molecular complexity index is 298. The fraction of sp³-hybridized carbons (Fsp3) is 0.667. The Morgan fingerprint density at radius 2 is 2.43 bits per heavy atom. The van der Waals surface area contributed by atoms with Gasteiger partial charge in [0.05, 0.1) is 0 Å². The fourth-order valence-electron chi connectivity index (χ4n) is 1.21. The molecule has 1 aromatic rings. The van der Waals surface area contributed by atoms with Crippen molar-refractivity contribution >= 4 is 16.7 Å². The standard InChI is InChI=1S/C9H17N3OS/c1-3-12-7-6-11-9(12)10-5-4-8-14(2)13/h6-7H,3-5,8H2,1-2H3,(H,10,11). The number of anilines is 1. The van der Waals surface area contributed by atoms with Gasteiger partial charge in [0.15, 0.2) is 0 Å². The van der Waals surface area contributed by atoms with Crippen molar-refractivity contribution in [3.63, 3.8) is 0 Å². The molecule has 4 nitrogen and oxygen atoms in total. The first-order chi connectivity index (χ1) is 6.74. The second kappa shape index (κ2) is 5.80. The second-order valence-corrected chi connectivity index (χ2v) is 4.65. The maximum absolute atomic E-state index is 10.8. The SMILES string of the molecule is CCn1ccnc1NCCCS(C)=O. The van der Waals surface area contributed by atoms with Crippen LogP contribution in [-0.2, 0) is 17.3 Å². The Kier molecular flexibility index (Phi) is 4.65. The van der Waals surface area contributed by atoms with E-state index in [4.69, 9.17) is 0 Å². The van der Waals surface area contributed by atoms with Crippen LogP contribution in [0.1, 0.15) is 13.3 Å². The highest BCUT2D eigenvalue weighted by Gasteiger charge is 1.99. The molecular formula is C9H17N3OS. The third kappa shape index (κ3) is 3.49. The van der Waals surface area contributed by atoms with Crippen molar-refractivity contribution in [1.82, 2.24) is 9.55 Å². The van der Waals surface area contributed by atoms with Gasteiger partial charge >= 0.3 is 0 Å². The van der Waals surface area contributed by atoms with Gasteiger partial charge in [0.1, 0.15) is 0 Å². The van der Waals surface area contributed by atoms with Gasteiger partial charge in [-0.3, -0.25) is 4.21 Å². The molecule has 80 valence electrons. The van der Waals surface area contributed by atoms with E-state index in [0.29, 0.717) is 0 Å². The van der Waals surface area contributed by atoms with Crippen molar-refractivity contribution < 1.29 is 4.21 Å². The highest BCUT2D eigenvalue weighted by Crippen LogP contribution is 2.03. The van der Waals surface area contributed by atoms with Gasteiger partial charge in [-0.15, -0.1) is 0 Å². The average Bonchev–Trinajstić information content (AvgIpc) is 2.59. The summed E-state index contributed by atoms with van der Waals surface area (Å²) >= 11 is 0. The smallest absolute Gasteiger partial charge is 0.202 e. The molecule has 14 heavy (non-hydrogen) atoms. The lowest BCUT2D eigenvalue weighted by atomic mass is 10.5. The quantitative estimate of drug-likeness (QED) is 0.722. The Balaban J connectivity index is 2.27. The summed E-state index contributed by atoms with van der Waals surface area (Å²) < 4.78 is 12.8. The molecule has 5 heteroatoms. The van der Waals surface area contributed by atoms with Gasteiger partial charge in [0, 0.05) is 48.3 Å². The van der Waals surface area contributed by atoms with Crippen molar-refractivity contribution in [3.8, 4) is 0 Å². The number of nitrogens with one attached hydrogen (secondary N) is 1. The number of hydrogen-bond acceptors (Lipinski definition) is 3. The molecule has 0 saturated carbocycles. The minimum atomic E-state index is -0.688. The Morgan fingerprint density at radius 3 is 3.07 bits per heavy atom. The van der Waals surface area contributed by atoms with Crippen molar-refractivity contribution in [1.29, 1.82) is 0 Å². The van der Waals surface area contributed by atoms with E-state index in [0.717, 1.165) is 31.2 Å². The second-order valence-electron chi connectivity index (χ2n) is 3.09. The van der Waals surface area contributed by atoms with Gasteiger partial charge in [-0.2, -0.15) is 0 Å². The molecule has 0 aromatic carbocycles. The predicted molar refractivity (Wildman–Crippen MR) is 59.9 cm³/mol. The Hall–Kier alpha value is -0.840. The van der Waals surface area contributed by atoms with Gasteiger partial charge in [-0.1, -0.05) is 0 Å². The van der Waals surface area contributed by atoms with Crippen LogP contribution >= 0.6 is 0 Å². The number of imidazole rings is 1. The largest absolute Gasteiger partial charge is 0.356 e. The van der Waals surface area contributed by atoms with E-state index in [1.165, 1.54) is 0 Å².